The van der Waals surface area contributed by atoms with Crippen LogP contribution in [-0.4, -0.2) is 9.55 Å². The second-order valence-corrected chi connectivity index (χ2v) is 4.86. The number of nitrogens with zero attached hydrogens (tertiary/aromatic N) is 2. The quantitative estimate of drug-likeness (QED) is 0.874. The van der Waals surface area contributed by atoms with Crippen molar-refractivity contribution in [3.05, 3.63) is 53.6 Å². The van der Waals surface area contributed by atoms with Crippen molar-refractivity contribution in [2.24, 2.45) is 5.73 Å². The van der Waals surface area contributed by atoms with Crippen LogP contribution in [0.4, 0.5) is 0 Å². The maximum Gasteiger partial charge on any atom is 0.0948 e. The van der Waals surface area contributed by atoms with Crippen LogP contribution in [0.15, 0.2) is 36.8 Å². The van der Waals surface area contributed by atoms with E-state index in [-0.39, 0.29) is 6.04 Å². The molecular formula is C14H17N3. The second-order valence-electron chi connectivity index (χ2n) is 4.86. The Balaban J connectivity index is 1.80. The highest BCUT2D eigenvalue weighted by molar-refractivity contribution is 5.39. The summed E-state index contributed by atoms with van der Waals surface area (Å²) in [6.45, 7) is 3.00. The second kappa shape index (κ2) is 4.00. The predicted molar refractivity (Wildman–Crippen MR) is 67.7 cm³/mol. The van der Waals surface area contributed by atoms with E-state index in [0.717, 1.165) is 12.2 Å². The van der Waals surface area contributed by atoms with E-state index in [1.807, 2.05) is 19.4 Å². The first-order valence-electron chi connectivity index (χ1n) is 6.09. The van der Waals surface area contributed by atoms with E-state index in [9.17, 15) is 0 Å². The van der Waals surface area contributed by atoms with Crippen LogP contribution in [0.2, 0.25) is 0 Å². The number of fused-ring (bicyclic) bond motifs is 1. The van der Waals surface area contributed by atoms with E-state index < -0.39 is 0 Å². The number of aromatic nitrogens is 2. The molecule has 1 aromatic heterocycles. The molecule has 3 nitrogen and oxygen atoms in total. The summed E-state index contributed by atoms with van der Waals surface area (Å²) in [6, 6.07) is 8.72. The highest BCUT2D eigenvalue weighted by Gasteiger charge is 2.26. The molecule has 2 atom stereocenters. The molecule has 88 valence electrons. The summed E-state index contributed by atoms with van der Waals surface area (Å²) >= 11 is 0. The Labute approximate surface area is 101 Å². The molecule has 3 heteroatoms. The summed E-state index contributed by atoms with van der Waals surface area (Å²) in [7, 11) is 0. The van der Waals surface area contributed by atoms with Crippen LogP contribution < -0.4 is 5.73 Å². The Morgan fingerprint density at radius 2 is 2.29 bits per heavy atom. The average molecular weight is 227 g/mol. The standard InChI is InChI=1S/C14H17N3/c1-10(15)14-7-16-9-17(14)8-12-6-11-4-2-3-5-13(11)12/h2-5,7,9-10,12H,6,8,15H2,1H3. The lowest BCUT2D eigenvalue weighted by molar-refractivity contribution is 0.490. The fourth-order valence-electron chi connectivity index (χ4n) is 2.63. The van der Waals surface area contributed by atoms with Gasteiger partial charge in [-0.15, -0.1) is 0 Å². The Kier molecular flexibility index (Phi) is 2.48. The summed E-state index contributed by atoms with van der Waals surface area (Å²) in [5, 5.41) is 0. The molecular weight excluding hydrogens is 210 g/mol. The number of rotatable bonds is 3. The van der Waals surface area contributed by atoms with E-state index in [2.05, 4.69) is 33.8 Å². The van der Waals surface area contributed by atoms with Gasteiger partial charge in [0.1, 0.15) is 0 Å². The van der Waals surface area contributed by atoms with Crippen molar-refractivity contribution in [1.29, 1.82) is 0 Å². The van der Waals surface area contributed by atoms with Gasteiger partial charge in [0, 0.05) is 24.7 Å². The van der Waals surface area contributed by atoms with Gasteiger partial charge in [0.05, 0.1) is 12.0 Å². The molecule has 2 N–H and O–H groups in total. The van der Waals surface area contributed by atoms with Gasteiger partial charge in [0.2, 0.25) is 0 Å². The minimum absolute atomic E-state index is 0.0489. The summed E-state index contributed by atoms with van der Waals surface area (Å²) in [6.07, 6.45) is 4.93. The van der Waals surface area contributed by atoms with Gasteiger partial charge < -0.3 is 10.3 Å². The van der Waals surface area contributed by atoms with Gasteiger partial charge in [0.25, 0.3) is 0 Å². The molecule has 0 amide bonds. The van der Waals surface area contributed by atoms with Crippen molar-refractivity contribution >= 4 is 0 Å². The van der Waals surface area contributed by atoms with Crippen molar-refractivity contribution in [2.45, 2.75) is 31.8 Å². The van der Waals surface area contributed by atoms with Crippen LogP contribution in [0.5, 0.6) is 0 Å². The zero-order chi connectivity index (χ0) is 11.8. The van der Waals surface area contributed by atoms with Crippen LogP contribution in [0.1, 0.15) is 35.7 Å². The topological polar surface area (TPSA) is 43.8 Å². The SMILES string of the molecule is CC(N)c1cncn1CC1Cc2ccccc21. The molecule has 0 spiro atoms. The lowest BCUT2D eigenvalue weighted by Crippen LogP contribution is -2.23. The van der Waals surface area contributed by atoms with Gasteiger partial charge in [-0.3, -0.25) is 0 Å². The lowest BCUT2D eigenvalue weighted by Gasteiger charge is -2.31. The first kappa shape index (κ1) is 10.5. The van der Waals surface area contributed by atoms with Gasteiger partial charge in [0.15, 0.2) is 0 Å². The zero-order valence-corrected chi connectivity index (χ0v) is 10.0. The van der Waals surface area contributed by atoms with Crippen molar-refractivity contribution in [1.82, 2.24) is 9.55 Å². The molecule has 0 saturated carbocycles. The summed E-state index contributed by atoms with van der Waals surface area (Å²) in [5.74, 6) is 0.623. The molecule has 1 aliphatic rings. The molecule has 0 radical (unpaired) electrons. The molecule has 3 rings (SSSR count). The van der Waals surface area contributed by atoms with E-state index in [1.54, 1.807) is 0 Å². The van der Waals surface area contributed by atoms with Gasteiger partial charge in [-0.1, -0.05) is 24.3 Å². The molecule has 2 unspecified atom stereocenters. The summed E-state index contributed by atoms with van der Waals surface area (Å²) in [4.78, 5) is 4.19. The van der Waals surface area contributed by atoms with Crippen LogP contribution in [-0.2, 0) is 13.0 Å². The summed E-state index contributed by atoms with van der Waals surface area (Å²) < 4.78 is 2.19. The third-order valence-corrected chi connectivity index (χ3v) is 3.59. The largest absolute Gasteiger partial charge is 0.333 e. The molecule has 1 aliphatic carbocycles. The monoisotopic (exact) mass is 227 g/mol. The number of imidazole rings is 1. The smallest absolute Gasteiger partial charge is 0.0948 e. The maximum atomic E-state index is 5.93. The van der Waals surface area contributed by atoms with Gasteiger partial charge >= 0.3 is 0 Å². The van der Waals surface area contributed by atoms with Crippen molar-refractivity contribution in [2.75, 3.05) is 0 Å². The highest BCUT2D eigenvalue weighted by Crippen LogP contribution is 2.36. The zero-order valence-electron chi connectivity index (χ0n) is 10.0. The van der Waals surface area contributed by atoms with E-state index in [1.165, 1.54) is 17.5 Å². The van der Waals surface area contributed by atoms with E-state index in [0.29, 0.717) is 5.92 Å². The molecule has 1 heterocycles. The first-order valence-corrected chi connectivity index (χ1v) is 6.09. The van der Waals surface area contributed by atoms with E-state index in [4.69, 9.17) is 5.73 Å². The molecule has 2 aromatic rings. The third kappa shape index (κ3) is 1.76. The minimum atomic E-state index is 0.0489. The van der Waals surface area contributed by atoms with Crippen molar-refractivity contribution < 1.29 is 0 Å². The predicted octanol–water partition coefficient (Wildman–Crippen LogP) is 2.24. The Hall–Kier alpha value is -1.61. The van der Waals surface area contributed by atoms with Gasteiger partial charge in [-0.2, -0.15) is 0 Å². The van der Waals surface area contributed by atoms with Crippen LogP contribution in [0.25, 0.3) is 0 Å². The molecule has 0 aliphatic heterocycles. The normalized spacial score (nSPS) is 19.5. The van der Waals surface area contributed by atoms with Crippen molar-refractivity contribution in [3.63, 3.8) is 0 Å². The van der Waals surface area contributed by atoms with Gasteiger partial charge in [-0.25, -0.2) is 4.98 Å². The molecule has 0 fully saturated rings. The number of nitrogens with two attached hydrogens (primary N) is 1. The van der Waals surface area contributed by atoms with Crippen LogP contribution in [0, 0.1) is 0 Å². The number of hydrogen-bond donors (Lipinski definition) is 1. The molecule has 0 bridgehead atoms. The Morgan fingerprint density at radius 3 is 3.06 bits per heavy atom. The number of hydrogen-bond acceptors (Lipinski definition) is 2. The maximum absolute atomic E-state index is 5.93. The van der Waals surface area contributed by atoms with Crippen LogP contribution >= 0.6 is 0 Å². The highest BCUT2D eigenvalue weighted by atomic mass is 15.1. The Morgan fingerprint density at radius 1 is 1.47 bits per heavy atom. The van der Waals surface area contributed by atoms with E-state index >= 15 is 0 Å². The van der Waals surface area contributed by atoms with Crippen LogP contribution in [0.3, 0.4) is 0 Å². The fourth-order valence-corrected chi connectivity index (χ4v) is 2.63. The average Bonchev–Trinajstić information content (AvgIpc) is 2.74. The fraction of sp³-hybridized carbons (Fsp3) is 0.357. The third-order valence-electron chi connectivity index (χ3n) is 3.59. The minimum Gasteiger partial charge on any atom is -0.333 e. The lowest BCUT2D eigenvalue weighted by atomic mass is 9.77. The van der Waals surface area contributed by atoms with Crippen molar-refractivity contribution in [3.8, 4) is 0 Å². The molecule has 1 aromatic carbocycles. The summed E-state index contributed by atoms with van der Waals surface area (Å²) in [5.41, 5.74) is 10.0. The molecule has 17 heavy (non-hydrogen) atoms. The van der Waals surface area contributed by atoms with Gasteiger partial charge in [-0.05, 0) is 24.5 Å². The number of benzene rings is 1. The Bertz CT molecular complexity index is 528. The first-order chi connectivity index (χ1) is 8.25. The molecule has 0 saturated heterocycles.